The number of aromatic nitrogens is 2. The fraction of sp³-hybridized carbons (Fsp3) is 0.481. The summed E-state index contributed by atoms with van der Waals surface area (Å²) in [6, 6.07) is 10.7. The minimum Gasteiger partial charge on any atom is -0.309 e. The molecule has 0 atom stereocenters. The summed E-state index contributed by atoms with van der Waals surface area (Å²) in [6.45, 7) is 11.0. The van der Waals surface area contributed by atoms with Crippen LogP contribution in [0.5, 0.6) is 0 Å². The van der Waals surface area contributed by atoms with E-state index in [-0.39, 0.29) is 14.1 Å². The van der Waals surface area contributed by atoms with E-state index in [2.05, 4.69) is 71.9 Å². The molecule has 2 aromatic heterocycles. The van der Waals surface area contributed by atoms with Gasteiger partial charge in [0.1, 0.15) is 6.54 Å². The van der Waals surface area contributed by atoms with Gasteiger partial charge in [-0.3, -0.25) is 9.09 Å². The van der Waals surface area contributed by atoms with Crippen LogP contribution in [0, 0.1) is 0 Å². The van der Waals surface area contributed by atoms with Crippen molar-refractivity contribution in [2.45, 2.75) is 59.0 Å². The number of hydrogen-bond donors (Lipinski definition) is 0. The van der Waals surface area contributed by atoms with Gasteiger partial charge in [-0.2, -0.15) is 4.57 Å². The average molecular weight is 531 g/mol. The molecule has 7 nitrogen and oxygen atoms in total. The van der Waals surface area contributed by atoms with Crippen molar-refractivity contribution in [3.8, 4) is 11.1 Å². The highest BCUT2D eigenvalue weighted by Crippen LogP contribution is 2.50. The molecule has 0 amide bonds. The predicted octanol–water partition coefficient (Wildman–Crippen LogP) is 5.99. The molecule has 0 radical (unpaired) electrons. The van der Waals surface area contributed by atoms with Crippen molar-refractivity contribution in [3.63, 3.8) is 0 Å². The molecule has 0 aliphatic heterocycles. The van der Waals surface area contributed by atoms with Crippen molar-refractivity contribution in [1.29, 1.82) is 0 Å². The monoisotopic (exact) mass is 530 g/mol. The van der Waals surface area contributed by atoms with E-state index in [1.807, 2.05) is 13.8 Å². The fourth-order valence-electron chi connectivity index (χ4n) is 5.20. The molecule has 0 unspecified atom stereocenters. The Hall–Kier alpha value is -2.01. The van der Waals surface area contributed by atoms with Gasteiger partial charge >= 0.3 is 16.3 Å². The molecule has 2 heterocycles. The van der Waals surface area contributed by atoms with E-state index in [0.29, 0.717) is 32.4 Å². The van der Waals surface area contributed by atoms with E-state index in [9.17, 15) is 9.13 Å². The molecular weight excluding hydrogens is 494 g/mol. The first-order chi connectivity index (χ1) is 17.3. The number of rotatable bonds is 13. The lowest BCUT2D eigenvalue weighted by Gasteiger charge is -2.19. The molecule has 0 saturated heterocycles. The largest absolute Gasteiger partial charge is 0.330 e. The maximum Gasteiger partial charge on any atom is 0.330 e. The predicted molar refractivity (Wildman–Crippen MR) is 140 cm³/mol. The smallest absolute Gasteiger partial charge is 0.309 e. The van der Waals surface area contributed by atoms with E-state index in [0.717, 1.165) is 25.0 Å². The maximum atomic E-state index is 13.0. The van der Waals surface area contributed by atoms with Gasteiger partial charge in [0.05, 0.1) is 31.4 Å². The van der Waals surface area contributed by atoms with Crippen molar-refractivity contribution < 1.29 is 31.8 Å². The Balaban J connectivity index is 1.67. The fourth-order valence-corrected chi connectivity index (χ4v) is 7.05. The van der Waals surface area contributed by atoms with Crippen LogP contribution in [-0.4, -0.2) is 26.0 Å². The normalized spacial score (nSPS) is 14.3. The molecule has 0 N–H and O–H groups in total. The summed E-state index contributed by atoms with van der Waals surface area (Å²) < 4.78 is 43.9. The first kappa shape index (κ1) is 27.0. The van der Waals surface area contributed by atoms with Crippen molar-refractivity contribution in [1.82, 2.24) is 0 Å². The van der Waals surface area contributed by atoms with Crippen LogP contribution < -0.4 is 9.13 Å². The molecule has 9 heteroatoms. The quantitative estimate of drug-likeness (QED) is 0.154. The summed E-state index contributed by atoms with van der Waals surface area (Å²) in [4.78, 5) is 0. The number of nitrogens with zero attached hydrogens (tertiary/aromatic N) is 2. The summed E-state index contributed by atoms with van der Waals surface area (Å²) in [5, 5.41) is 1.22. The van der Waals surface area contributed by atoms with Crippen molar-refractivity contribution >= 4 is 27.2 Å². The molecule has 3 aromatic rings. The minimum atomic E-state index is -3.07. The Morgan fingerprint density at radius 2 is 1.72 bits per heavy atom. The van der Waals surface area contributed by atoms with Crippen LogP contribution in [0.15, 0.2) is 48.9 Å². The zero-order valence-corrected chi connectivity index (χ0v) is 23.4. The zero-order valence-electron chi connectivity index (χ0n) is 21.6. The third-order valence-electron chi connectivity index (χ3n) is 6.86. The van der Waals surface area contributed by atoms with Gasteiger partial charge in [0.2, 0.25) is 5.52 Å². The third-order valence-corrected chi connectivity index (χ3v) is 9.31. The number of benzene rings is 1. The van der Waals surface area contributed by atoms with Gasteiger partial charge in [-0.1, -0.05) is 26.0 Å². The first-order valence-electron chi connectivity index (χ1n) is 12.7. The molecule has 1 aromatic carbocycles. The van der Waals surface area contributed by atoms with Crippen LogP contribution in [0.25, 0.3) is 22.0 Å². The summed E-state index contributed by atoms with van der Waals surface area (Å²) in [7, 11) is -3.34. The van der Waals surface area contributed by atoms with Crippen LogP contribution in [0.3, 0.4) is 0 Å². The Kier molecular flexibility index (Phi) is 8.70. The van der Waals surface area contributed by atoms with Crippen LogP contribution in [0.2, 0.25) is 0 Å². The number of fused-ring (bicyclic) bond motifs is 5. The lowest BCUT2D eigenvalue weighted by atomic mass is 9.83. The van der Waals surface area contributed by atoms with Crippen LogP contribution in [0.4, 0.5) is 0 Å². The molecule has 0 bridgehead atoms. The van der Waals surface area contributed by atoms with Gasteiger partial charge in [-0.05, 0) is 25.5 Å². The van der Waals surface area contributed by atoms with Crippen LogP contribution in [-0.2, 0) is 41.2 Å². The highest BCUT2D eigenvalue weighted by Gasteiger charge is 2.41. The van der Waals surface area contributed by atoms with E-state index in [1.165, 1.54) is 27.6 Å². The maximum absolute atomic E-state index is 13.0. The number of hydrogen-bond acceptors (Lipinski definition) is 5. The van der Waals surface area contributed by atoms with E-state index in [4.69, 9.17) is 13.6 Å². The van der Waals surface area contributed by atoms with Gasteiger partial charge in [-0.25, -0.2) is 9.13 Å². The Morgan fingerprint density at radius 3 is 2.44 bits per heavy atom. The number of pyridine rings is 2. The number of aryl methyl sites for hydroxylation is 2. The van der Waals surface area contributed by atoms with Gasteiger partial charge in [0, 0.05) is 47.1 Å². The Bertz CT molecular complexity index is 1280. The topological polar surface area (TPSA) is 69.6 Å². The van der Waals surface area contributed by atoms with Gasteiger partial charge in [-0.15, -0.1) is 0 Å². The summed E-state index contributed by atoms with van der Waals surface area (Å²) in [5.41, 5.74) is 6.13. The molecule has 0 fully saturated rings. The summed E-state index contributed by atoms with van der Waals surface area (Å²) in [6.07, 6.45) is 8.52. The van der Waals surface area contributed by atoms with Gasteiger partial charge < -0.3 is 9.05 Å². The zero-order chi connectivity index (χ0) is 25.8. The van der Waals surface area contributed by atoms with E-state index in [1.54, 1.807) is 0 Å². The third kappa shape index (κ3) is 5.46. The molecule has 1 aliphatic rings. The van der Waals surface area contributed by atoms with Crippen molar-refractivity contribution in [3.05, 3.63) is 60.0 Å². The molecule has 1 aliphatic carbocycles. The second-order valence-electron chi connectivity index (χ2n) is 9.55. The van der Waals surface area contributed by atoms with Crippen LogP contribution in [0.1, 0.15) is 51.7 Å². The lowest BCUT2D eigenvalue weighted by molar-refractivity contribution is -0.697. The standard InChI is InChI=1S/C27H36N2O5P2/c1-5-33-36(31,34-6-2)18-10-15-29-20-24-26(22-11-7-8-12-25(22)29)21-13-16-28(14-9-17-32-35-30)19-23(21)27(24,3)4/h7-8,11-13,16,19-20H,5-6,9-10,14-15,17-18H2,1-4H3/q+2. The molecule has 0 spiro atoms. The number of para-hydroxylation sites is 1. The van der Waals surface area contributed by atoms with Gasteiger partial charge in [0.15, 0.2) is 25.1 Å². The van der Waals surface area contributed by atoms with Crippen molar-refractivity contribution in [2.75, 3.05) is 26.0 Å². The second-order valence-corrected chi connectivity index (χ2v) is 12.1. The Labute approximate surface area is 215 Å². The highest BCUT2D eigenvalue weighted by atomic mass is 31.2. The highest BCUT2D eigenvalue weighted by molar-refractivity contribution is 7.53. The molecule has 4 rings (SSSR count). The average Bonchev–Trinajstić information content (AvgIpc) is 3.08. The molecular formula is C27H36N2O5P2+2. The van der Waals surface area contributed by atoms with Crippen molar-refractivity contribution in [2.24, 2.45) is 0 Å². The minimum absolute atomic E-state index is 0.171. The molecule has 36 heavy (non-hydrogen) atoms. The van der Waals surface area contributed by atoms with E-state index < -0.39 is 7.60 Å². The molecule has 192 valence electrons. The summed E-state index contributed by atoms with van der Waals surface area (Å²) in [5.74, 6) is 0. The van der Waals surface area contributed by atoms with E-state index >= 15 is 0 Å². The SMILES string of the molecule is CCOP(=O)(CCC[n+]1cc2c(c3ccccc31)-c1cc[n+](CCCOP=O)cc1C2(C)C)OCC. The first-order valence-corrected chi connectivity index (χ1v) is 15.1. The molecule has 0 saturated carbocycles. The lowest BCUT2D eigenvalue weighted by Crippen LogP contribution is -2.37. The Morgan fingerprint density at radius 1 is 0.972 bits per heavy atom. The second kappa shape index (κ2) is 11.6. The van der Waals surface area contributed by atoms with Crippen LogP contribution >= 0.6 is 16.3 Å². The van der Waals surface area contributed by atoms with Gasteiger partial charge in [0.25, 0.3) is 0 Å². The summed E-state index contributed by atoms with van der Waals surface area (Å²) >= 11 is 0.